The average molecular weight is 300 g/mol. The predicted octanol–water partition coefficient (Wildman–Crippen LogP) is 1.05. The number of amides is 1. The molecule has 1 saturated heterocycles. The highest BCUT2D eigenvalue weighted by Gasteiger charge is 2.28. The molecule has 20 heavy (non-hydrogen) atoms. The van der Waals surface area contributed by atoms with E-state index in [0.717, 1.165) is 0 Å². The molecule has 7 nitrogen and oxygen atoms in total. The van der Waals surface area contributed by atoms with Gasteiger partial charge in [0.05, 0.1) is 17.6 Å². The summed E-state index contributed by atoms with van der Waals surface area (Å²) in [7, 11) is 0. The van der Waals surface area contributed by atoms with E-state index in [1.807, 2.05) is 0 Å². The lowest BCUT2D eigenvalue weighted by atomic mass is 10.1. The van der Waals surface area contributed by atoms with Crippen LogP contribution in [0.1, 0.15) is 10.4 Å². The second kappa shape index (κ2) is 6.17. The van der Waals surface area contributed by atoms with Gasteiger partial charge >= 0.3 is 0 Å². The third kappa shape index (κ3) is 3.06. The first kappa shape index (κ1) is 14.7. The fraction of sp³-hybridized carbons (Fsp3) is 0.417. The Balaban J connectivity index is 2.27. The van der Waals surface area contributed by atoms with E-state index in [-0.39, 0.29) is 22.4 Å². The number of hydrogen-bond acceptors (Lipinski definition) is 5. The number of carbonyl (C=O) groups excluding carboxylic acids is 1. The van der Waals surface area contributed by atoms with Crippen molar-refractivity contribution in [3.63, 3.8) is 0 Å². The highest BCUT2D eigenvalue weighted by Crippen LogP contribution is 2.25. The number of hydrogen-bond donors (Lipinski definition) is 1. The molecule has 2 N–H and O–H groups in total. The van der Waals surface area contributed by atoms with E-state index in [1.54, 1.807) is 0 Å². The van der Waals surface area contributed by atoms with E-state index in [1.165, 1.54) is 23.1 Å². The van der Waals surface area contributed by atoms with Crippen LogP contribution in [0.15, 0.2) is 18.2 Å². The van der Waals surface area contributed by atoms with Crippen molar-refractivity contribution in [1.29, 1.82) is 0 Å². The number of ether oxygens (including phenoxy) is 1. The van der Waals surface area contributed by atoms with Crippen molar-refractivity contribution in [2.24, 2.45) is 5.73 Å². The topological polar surface area (TPSA) is 98.7 Å². The van der Waals surface area contributed by atoms with Gasteiger partial charge in [-0.2, -0.15) is 0 Å². The maximum atomic E-state index is 12.4. The van der Waals surface area contributed by atoms with Crippen LogP contribution < -0.4 is 5.73 Å². The smallest absolute Gasteiger partial charge is 0.283 e. The Labute approximate surface area is 120 Å². The number of rotatable bonds is 3. The number of benzene rings is 1. The Morgan fingerprint density at radius 2 is 2.35 bits per heavy atom. The molecule has 8 heteroatoms. The highest BCUT2D eigenvalue weighted by molar-refractivity contribution is 6.31. The van der Waals surface area contributed by atoms with Crippen LogP contribution >= 0.6 is 11.6 Å². The summed E-state index contributed by atoms with van der Waals surface area (Å²) < 4.78 is 5.37. The third-order valence-corrected chi connectivity index (χ3v) is 3.31. The lowest BCUT2D eigenvalue weighted by molar-refractivity contribution is -0.385. The van der Waals surface area contributed by atoms with Gasteiger partial charge in [-0.05, 0) is 12.1 Å². The summed E-state index contributed by atoms with van der Waals surface area (Å²) in [6.45, 7) is 1.38. The largest absolute Gasteiger partial charge is 0.373 e. The molecule has 0 aromatic heterocycles. The maximum absolute atomic E-state index is 12.4. The summed E-state index contributed by atoms with van der Waals surface area (Å²) in [5.41, 5.74) is 5.25. The van der Waals surface area contributed by atoms with E-state index in [4.69, 9.17) is 22.1 Å². The van der Waals surface area contributed by atoms with Crippen molar-refractivity contribution in [2.75, 3.05) is 26.2 Å². The van der Waals surface area contributed by atoms with Crippen molar-refractivity contribution >= 4 is 23.2 Å². The number of carbonyl (C=O) groups is 1. The van der Waals surface area contributed by atoms with Gasteiger partial charge < -0.3 is 15.4 Å². The number of nitro groups is 1. The molecule has 1 unspecified atom stereocenters. The number of nitrogens with zero attached hydrogens (tertiary/aromatic N) is 2. The van der Waals surface area contributed by atoms with E-state index in [9.17, 15) is 14.9 Å². The van der Waals surface area contributed by atoms with Gasteiger partial charge in [0.25, 0.3) is 11.6 Å². The van der Waals surface area contributed by atoms with Gasteiger partial charge in [0, 0.05) is 30.7 Å². The van der Waals surface area contributed by atoms with Crippen molar-refractivity contribution in [1.82, 2.24) is 4.90 Å². The predicted molar refractivity (Wildman–Crippen MR) is 72.8 cm³/mol. The minimum atomic E-state index is -0.611. The molecule has 0 aliphatic carbocycles. The molecule has 1 aromatic rings. The molecule has 1 heterocycles. The molecular weight excluding hydrogens is 286 g/mol. The van der Waals surface area contributed by atoms with Crippen LogP contribution in [-0.2, 0) is 4.74 Å². The molecule has 1 fully saturated rings. The van der Waals surface area contributed by atoms with Gasteiger partial charge in [-0.25, -0.2) is 0 Å². The van der Waals surface area contributed by atoms with Gasteiger partial charge in [-0.15, -0.1) is 0 Å². The SMILES string of the molecule is NCC1CN(C(=O)c2ccc(Cl)cc2[N+](=O)[O-])CCO1. The monoisotopic (exact) mass is 299 g/mol. The van der Waals surface area contributed by atoms with Crippen molar-refractivity contribution in [2.45, 2.75) is 6.10 Å². The number of nitro benzene ring substituents is 1. The Morgan fingerprint density at radius 1 is 1.60 bits per heavy atom. The van der Waals surface area contributed by atoms with Gasteiger partial charge in [-0.1, -0.05) is 11.6 Å². The first-order chi connectivity index (χ1) is 9.52. The first-order valence-corrected chi connectivity index (χ1v) is 6.45. The highest BCUT2D eigenvalue weighted by atomic mass is 35.5. The van der Waals surface area contributed by atoms with E-state index < -0.39 is 10.8 Å². The molecule has 1 aliphatic rings. The van der Waals surface area contributed by atoms with Crippen molar-refractivity contribution in [3.05, 3.63) is 38.9 Å². The molecule has 1 aliphatic heterocycles. The summed E-state index contributed by atoms with van der Waals surface area (Å²) in [6, 6.07) is 4.01. The molecule has 0 saturated carbocycles. The van der Waals surface area contributed by atoms with Gasteiger partial charge in [-0.3, -0.25) is 14.9 Å². The van der Waals surface area contributed by atoms with Crippen molar-refractivity contribution in [3.8, 4) is 0 Å². The summed E-state index contributed by atoms with van der Waals surface area (Å²) >= 11 is 5.73. The molecule has 1 amide bonds. The van der Waals surface area contributed by atoms with Crippen LogP contribution in [0.2, 0.25) is 5.02 Å². The fourth-order valence-electron chi connectivity index (χ4n) is 2.05. The molecule has 2 rings (SSSR count). The summed E-state index contributed by atoms with van der Waals surface area (Å²) in [6.07, 6.45) is -0.237. The summed E-state index contributed by atoms with van der Waals surface area (Å²) in [5.74, 6) is -0.407. The minimum absolute atomic E-state index is 0.0251. The van der Waals surface area contributed by atoms with Crippen molar-refractivity contribution < 1.29 is 14.5 Å². The molecular formula is C12H14ClN3O4. The van der Waals surface area contributed by atoms with Gasteiger partial charge in [0.15, 0.2) is 0 Å². The van der Waals surface area contributed by atoms with E-state index in [0.29, 0.717) is 26.2 Å². The zero-order valence-corrected chi connectivity index (χ0v) is 11.4. The molecule has 0 spiro atoms. The van der Waals surface area contributed by atoms with Gasteiger partial charge in [0.1, 0.15) is 5.56 Å². The van der Waals surface area contributed by atoms with Gasteiger partial charge in [0.2, 0.25) is 0 Å². The normalized spacial score (nSPS) is 18.9. The van der Waals surface area contributed by atoms with Crippen LogP contribution in [-0.4, -0.2) is 48.1 Å². The average Bonchev–Trinajstić information content (AvgIpc) is 2.46. The lowest BCUT2D eigenvalue weighted by Gasteiger charge is -2.32. The molecule has 1 aromatic carbocycles. The Hall–Kier alpha value is -1.70. The fourth-order valence-corrected chi connectivity index (χ4v) is 2.22. The minimum Gasteiger partial charge on any atom is -0.373 e. The van der Waals surface area contributed by atoms with Crippen LogP contribution in [0.3, 0.4) is 0 Å². The quantitative estimate of drug-likeness (QED) is 0.664. The lowest BCUT2D eigenvalue weighted by Crippen LogP contribution is -2.48. The number of nitrogens with two attached hydrogens (primary N) is 1. The van der Waals surface area contributed by atoms with E-state index in [2.05, 4.69) is 0 Å². The molecule has 1 atom stereocenters. The zero-order chi connectivity index (χ0) is 14.7. The number of halogens is 1. The molecule has 108 valence electrons. The third-order valence-electron chi connectivity index (χ3n) is 3.08. The van der Waals surface area contributed by atoms with Crippen LogP contribution in [0.5, 0.6) is 0 Å². The second-order valence-corrected chi connectivity index (χ2v) is 4.83. The van der Waals surface area contributed by atoms with Crippen LogP contribution in [0, 0.1) is 10.1 Å². The van der Waals surface area contributed by atoms with Crippen LogP contribution in [0.4, 0.5) is 5.69 Å². The maximum Gasteiger partial charge on any atom is 0.283 e. The number of morpholine rings is 1. The van der Waals surface area contributed by atoms with E-state index >= 15 is 0 Å². The van der Waals surface area contributed by atoms with Crippen LogP contribution in [0.25, 0.3) is 0 Å². The molecule has 0 radical (unpaired) electrons. The standard InChI is InChI=1S/C12H14ClN3O4/c13-8-1-2-10(11(5-8)16(18)19)12(17)15-3-4-20-9(6-14)7-15/h1-2,5,9H,3-4,6-7,14H2. The Morgan fingerprint density at radius 3 is 3.00 bits per heavy atom. The summed E-state index contributed by atoms with van der Waals surface area (Å²) in [5, 5.41) is 11.2. The second-order valence-electron chi connectivity index (χ2n) is 4.40. The summed E-state index contributed by atoms with van der Waals surface area (Å²) in [4.78, 5) is 24.3. The Kier molecular flexibility index (Phi) is 4.53. The Bertz CT molecular complexity index is 537. The molecule has 0 bridgehead atoms. The zero-order valence-electron chi connectivity index (χ0n) is 10.6. The first-order valence-electron chi connectivity index (χ1n) is 6.08.